The van der Waals surface area contributed by atoms with Crippen molar-refractivity contribution in [3.05, 3.63) is 67.6 Å². The average Bonchev–Trinajstić information content (AvgIpc) is 2.55. The van der Waals surface area contributed by atoms with Crippen LogP contribution >= 0.6 is 31.9 Å². The van der Waals surface area contributed by atoms with E-state index in [2.05, 4.69) is 44.8 Å². The van der Waals surface area contributed by atoms with Gasteiger partial charge in [-0.1, -0.05) is 44.0 Å². The lowest BCUT2D eigenvalue weighted by atomic mass is 10.1. The van der Waals surface area contributed by atoms with Crippen LogP contribution in [-0.4, -0.2) is 19.5 Å². The molecule has 3 nitrogen and oxygen atoms in total. The van der Waals surface area contributed by atoms with Gasteiger partial charge in [0.2, 0.25) is 0 Å². The van der Waals surface area contributed by atoms with Crippen LogP contribution in [0.25, 0.3) is 0 Å². The summed E-state index contributed by atoms with van der Waals surface area (Å²) in [6.45, 7) is 9.22. The summed E-state index contributed by atoms with van der Waals surface area (Å²) in [6, 6.07) is 11.7. The Bertz CT molecular complexity index is 681. The van der Waals surface area contributed by atoms with Gasteiger partial charge in [0.15, 0.2) is 6.29 Å². The second kappa shape index (κ2) is 11.6. The number of benzene rings is 2. The van der Waals surface area contributed by atoms with E-state index in [1.807, 2.05) is 45.0 Å². The largest absolute Gasteiger partial charge is 0.349 e. The molecule has 0 radical (unpaired) electrons. The molecule has 0 spiro atoms. The lowest BCUT2D eigenvalue weighted by Crippen LogP contribution is -2.10. The average molecular weight is 472 g/mol. The van der Waals surface area contributed by atoms with E-state index in [9.17, 15) is 4.79 Å². The molecule has 0 bridgehead atoms. The quantitative estimate of drug-likeness (QED) is 0.361. The Morgan fingerprint density at radius 3 is 1.88 bits per heavy atom. The molecule has 0 unspecified atom stereocenters. The van der Waals surface area contributed by atoms with E-state index >= 15 is 0 Å². The van der Waals surface area contributed by atoms with Gasteiger partial charge in [0.05, 0.1) is 0 Å². The fraction of sp³-hybridized carbons (Fsp3) is 0.350. The first-order valence-corrected chi connectivity index (χ1v) is 9.72. The van der Waals surface area contributed by atoms with E-state index in [4.69, 9.17) is 9.47 Å². The summed E-state index contributed by atoms with van der Waals surface area (Å²) in [4.78, 5) is 10.3. The van der Waals surface area contributed by atoms with E-state index in [-0.39, 0.29) is 6.29 Å². The normalized spacial score (nSPS) is 10.4. The van der Waals surface area contributed by atoms with Gasteiger partial charge in [-0.3, -0.25) is 4.79 Å². The number of aryl methyl sites for hydroxylation is 2. The summed E-state index contributed by atoms with van der Waals surface area (Å²) >= 11 is 6.75. The van der Waals surface area contributed by atoms with Crippen LogP contribution in [0.15, 0.2) is 45.3 Å². The zero-order valence-electron chi connectivity index (χ0n) is 15.0. The fourth-order valence-corrected chi connectivity index (χ4v) is 3.16. The van der Waals surface area contributed by atoms with E-state index in [1.54, 1.807) is 6.07 Å². The third-order valence-electron chi connectivity index (χ3n) is 3.48. The minimum Gasteiger partial charge on any atom is -0.349 e. The molecule has 0 heterocycles. The van der Waals surface area contributed by atoms with Crippen molar-refractivity contribution in [1.82, 2.24) is 0 Å². The third kappa shape index (κ3) is 7.40. The Hall–Kier alpha value is -1.01. The molecule has 0 amide bonds. The van der Waals surface area contributed by atoms with Gasteiger partial charge in [-0.2, -0.15) is 0 Å². The number of hydrogen-bond acceptors (Lipinski definition) is 3. The molecule has 2 rings (SSSR count). The highest BCUT2D eigenvalue weighted by atomic mass is 79.9. The van der Waals surface area contributed by atoms with Crippen LogP contribution in [0, 0.1) is 13.8 Å². The van der Waals surface area contributed by atoms with Crippen molar-refractivity contribution in [2.75, 3.05) is 13.2 Å². The predicted octanol–water partition coefficient (Wildman–Crippen LogP) is 6.40. The van der Waals surface area contributed by atoms with Gasteiger partial charge >= 0.3 is 0 Å². The summed E-state index contributed by atoms with van der Waals surface area (Å²) in [5, 5.41) is 0. The fourth-order valence-electron chi connectivity index (χ4n) is 2.21. The van der Waals surface area contributed by atoms with E-state index < -0.39 is 0 Å². The summed E-state index contributed by atoms with van der Waals surface area (Å²) in [6.07, 6.45) is 0.620. The third-order valence-corrected chi connectivity index (χ3v) is 4.47. The molecule has 0 aromatic heterocycles. The van der Waals surface area contributed by atoms with Crippen molar-refractivity contribution in [1.29, 1.82) is 0 Å². The second-order valence-electron chi connectivity index (χ2n) is 5.36. The van der Waals surface area contributed by atoms with E-state index in [0.717, 1.165) is 31.9 Å². The van der Waals surface area contributed by atoms with Crippen molar-refractivity contribution < 1.29 is 14.3 Å². The summed E-state index contributed by atoms with van der Waals surface area (Å²) < 4.78 is 13.2. The van der Waals surface area contributed by atoms with Crippen LogP contribution in [-0.2, 0) is 9.47 Å². The van der Waals surface area contributed by atoms with Crippen LogP contribution in [0.5, 0.6) is 0 Å². The number of carbonyl (C=O) groups excluding carboxylic acids is 1. The number of hydrogen-bond donors (Lipinski definition) is 0. The number of halogens is 2. The van der Waals surface area contributed by atoms with Gasteiger partial charge in [-0.25, -0.2) is 0 Å². The van der Waals surface area contributed by atoms with Crippen LogP contribution in [0.1, 0.15) is 47.2 Å². The Morgan fingerprint density at radius 2 is 1.44 bits per heavy atom. The summed E-state index contributed by atoms with van der Waals surface area (Å²) in [5.74, 6) is 0. The van der Waals surface area contributed by atoms with Gasteiger partial charge in [-0.15, -0.1) is 0 Å². The molecule has 25 heavy (non-hydrogen) atoms. The molecule has 0 saturated heterocycles. The first-order chi connectivity index (χ1) is 11.9. The van der Waals surface area contributed by atoms with Gasteiger partial charge < -0.3 is 9.47 Å². The maximum Gasteiger partial charge on any atom is 0.184 e. The Kier molecular flexibility index (Phi) is 10.2. The summed E-state index contributed by atoms with van der Waals surface area (Å²) in [7, 11) is 0. The molecule has 2 aromatic rings. The van der Waals surface area contributed by atoms with Crippen LogP contribution in [0.2, 0.25) is 0 Å². The van der Waals surface area contributed by atoms with Crippen molar-refractivity contribution in [2.24, 2.45) is 0 Å². The molecule has 0 saturated carbocycles. The highest BCUT2D eigenvalue weighted by Gasteiger charge is 2.13. The molecule has 0 atom stereocenters. The highest BCUT2D eigenvalue weighted by Crippen LogP contribution is 2.25. The van der Waals surface area contributed by atoms with Crippen molar-refractivity contribution in [2.45, 2.75) is 34.0 Å². The number of carbonyl (C=O) groups is 1. The van der Waals surface area contributed by atoms with Gasteiger partial charge in [-0.05, 0) is 63.1 Å². The first-order valence-electron chi connectivity index (χ1n) is 8.13. The van der Waals surface area contributed by atoms with Crippen LogP contribution < -0.4 is 0 Å². The van der Waals surface area contributed by atoms with Crippen LogP contribution in [0.3, 0.4) is 0 Å². The SMILES string of the molecule is CCOC(OCC)c1ccc(Br)cc1C.Cc1cc(Br)ccc1C=O. The molecule has 5 heteroatoms. The summed E-state index contributed by atoms with van der Waals surface area (Å²) in [5.41, 5.74) is 4.03. The molecule has 136 valence electrons. The minimum atomic E-state index is -0.243. The Morgan fingerprint density at radius 1 is 0.920 bits per heavy atom. The van der Waals surface area contributed by atoms with E-state index in [1.165, 1.54) is 5.56 Å². The predicted molar refractivity (Wildman–Crippen MR) is 109 cm³/mol. The highest BCUT2D eigenvalue weighted by molar-refractivity contribution is 9.10. The van der Waals surface area contributed by atoms with Gasteiger partial charge in [0.25, 0.3) is 0 Å². The molecule has 0 fully saturated rings. The molecular formula is C20H24Br2O3. The second-order valence-corrected chi connectivity index (χ2v) is 7.19. The lowest BCUT2D eigenvalue weighted by molar-refractivity contribution is -0.140. The number of aldehydes is 1. The van der Waals surface area contributed by atoms with E-state index in [0.29, 0.717) is 13.2 Å². The van der Waals surface area contributed by atoms with Gasteiger partial charge in [0.1, 0.15) is 6.29 Å². The Labute approximate surface area is 167 Å². The molecular weight excluding hydrogens is 448 g/mol. The smallest absolute Gasteiger partial charge is 0.184 e. The molecule has 2 aromatic carbocycles. The zero-order valence-corrected chi connectivity index (χ0v) is 18.2. The van der Waals surface area contributed by atoms with Crippen LogP contribution in [0.4, 0.5) is 0 Å². The van der Waals surface area contributed by atoms with Crippen molar-refractivity contribution >= 4 is 38.1 Å². The minimum absolute atomic E-state index is 0.243. The maximum atomic E-state index is 10.3. The molecule has 0 aliphatic carbocycles. The van der Waals surface area contributed by atoms with Gasteiger partial charge in [0, 0.05) is 33.3 Å². The lowest BCUT2D eigenvalue weighted by Gasteiger charge is -2.19. The van der Waals surface area contributed by atoms with Crippen molar-refractivity contribution in [3.8, 4) is 0 Å². The maximum absolute atomic E-state index is 10.3. The molecule has 0 N–H and O–H groups in total. The molecule has 0 aliphatic rings. The molecule has 0 aliphatic heterocycles. The topological polar surface area (TPSA) is 35.5 Å². The number of rotatable bonds is 6. The monoisotopic (exact) mass is 470 g/mol. The Balaban J connectivity index is 0.000000271. The zero-order chi connectivity index (χ0) is 18.8. The number of ether oxygens (including phenoxy) is 2. The first kappa shape index (κ1) is 22.0. The van der Waals surface area contributed by atoms with Crippen molar-refractivity contribution in [3.63, 3.8) is 0 Å². The standard InChI is InChI=1S/C12H17BrO2.C8H7BrO/c1-4-14-12(15-5-2)11-7-6-10(13)8-9(11)3;1-6-4-8(9)3-2-7(6)5-10/h6-8,12H,4-5H2,1-3H3;2-5H,1H3.